The Bertz CT molecular complexity index is 728. The number of aromatic nitrogens is 4. The molecule has 0 unspecified atom stereocenters. The Morgan fingerprint density at radius 2 is 2.04 bits per heavy atom. The Hall–Kier alpha value is -2.42. The van der Waals surface area contributed by atoms with E-state index in [0.717, 1.165) is 5.56 Å². The number of carbonyl (C=O) groups is 2. The molecule has 0 bridgehead atoms. The summed E-state index contributed by atoms with van der Waals surface area (Å²) in [5, 5.41) is 7.53. The van der Waals surface area contributed by atoms with Gasteiger partial charge in [-0.05, 0) is 25.0 Å². The summed E-state index contributed by atoms with van der Waals surface area (Å²) in [5.41, 5.74) is 0.894. The fourth-order valence-electron chi connectivity index (χ4n) is 2.70. The van der Waals surface area contributed by atoms with Crippen LogP contribution >= 0.6 is 11.8 Å². The lowest BCUT2D eigenvalue weighted by atomic mass is 9.97. The quantitative estimate of drug-likeness (QED) is 0.634. The van der Waals surface area contributed by atoms with Gasteiger partial charge >= 0.3 is 5.97 Å². The number of hydrogen-bond acceptors (Lipinski definition) is 7. The van der Waals surface area contributed by atoms with Crippen molar-refractivity contribution in [1.29, 1.82) is 0 Å². The number of esters is 1. The van der Waals surface area contributed by atoms with Crippen LogP contribution in [0, 0.1) is 5.92 Å². The van der Waals surface area contributed by atoms with Crippen molar-refractivity contribution in [2.45, 2.75) is 18.0 Å². The van der Waals surface area contributed by atoms with Crippen LogP contribution < -0.4 is 0 Å². The number of amides is 1. The normalized spacial score (nSPS) is 15.2. The minimum atomic E-state index is -0.189. The van der Waals surface area contributed by atoms with Crippen LogP contribution in [-0.2, 0) is 14.3 Å². The first-order valence-corrected chi connectivity index (χ1v) is 8.97. The Balaban J connectivity index is 1.49. The zero-order chi connectivity index (χ0) is 17.6. The molecule has 1 amide bonds. The van der Waals surface area contributed by atoms with E-state index in [1.807, 2.05) is 12.1 Å². The SMILES string of the molecule is COC(=O)C1CCN(C(=O)CSc2n[nH]c(-c3ccncc3)n2)CC1. The minimum absolute atomic E-state index is 0.0311. The van der Waals surface area contributed by atoms with Gasteiger partial charge in [0.1, 0.15) is 0 Å². The van der Waals surface area contributed by atoms with Gasteiger partial charge in [0.25, 0.3) is 0 Å². The second-order valence-electron chi connectivity index (χ2n) is 5.67. The molecule has 2 aromatic heterocycles. The molecule has 0 atom stereocenters. The van der Waals surface area contributed by atoms with E-state index in [-0.39, 0.29) is 23.5 Å². The fraction of sp³-hybridized carbons (Fsp3) is 0.438. The van der Waals surface area contributed by atoms with E-state index in [9.17, 15) is 9.59 Å². The number of carbonyl (C=O) groups excluding carboxylic acids is 2. The molecule has 1 aliphatic rings. The number of likely N-dealkylation sites (tertiary alicyclic amines) is 1. The third-order valence-electron chi connectivity index (χ3n) is 4.13. The van der Waals surface area contributed by atoms with E-state index < -0.39 is 0 Å². The number of thioether (sulfide) groups is 1. The summed E-state index contributed by atoms with van der Waals surface area (Å²) >= 11 is 1.30. The molecular formula is C16H19N5O3S. The smallest absolute Gasteiger partial charge is 0.308 e. The molecule has 3 heterocycles. The number of H-pyrrole nitrogens is 1. The highest BCUT2D eigenvalue weighted by atomic mass is 32.2. The molecule has 1 aliphatic heterocycles. The number of ether oxygens (including phenoxy) is 1. The number of pyridine rings is 1. The third-order valence-corrected chi connectivity index (χ3v) is 4.96. The van der Waals surface area contributed by atoms with Gasteiger partial charge in [-0.3, -0.25) is 19.7 Å². The molecule has 3 rings (SSSR count). The van der Waals surface area contributed by atoms with Crippen LogP contribution in [0.2, 0.25) is 0 Å². The highest BCUT2D eigenvalue weighted by molar-refractivity contribution is 7.99. The molecule has 9 heteroatoms. The van der Waals surface area contributed by atoms with Crippen molar-refractivity contribution >= 4 is 23.6 Å². The summed E-state index contributed by atoms with van der Waals surface area (Å²) in [4.78, 5) is 34.0. The summed E-state index contributed by atoms with van der Waals surface area (Å²) in [6.07, 6.45) is 4.67. The topological polar surface area (TPSA) is 101 Å². The highest BCUT2D eigenvalue weighted by Gasteiger charge is 2.27. The first-order valence-electron chi connectivity index (χ1n) is 7.98. The summed E-state index contributed by atoms with van der Waals surface area (Å²) in [7, 11) is 1.40. The average molecular weight is 361 g/mol. The Morgan fingerprint density at radius 1 is 1.32 bits per heavy atom. The van der Waals surface area contributed by atoms with Gasteiger partial charge in [-0.15, -0.1) is 5.10 Å². The Labute approximate surface area is 149 Å². The van der Waals surface area contributed by atoms with Crippen molar-refractivity contribution in [2.75, 3.05) is 26.0 Å². The van der Waals surface area contributed by atoms with Crippen LogP contribution in [0.5, 0.6) is 0 Å². The maximum absolute atomic E-state index is 12.3. The van der Waals surface area contributed by atoms with E-state index in [1.165, 1.54) is 18.9 Å². The summed E-state index contributed by atoms with van der Waals surface area (Å²) in [6, 6.07) is 3.68. The van der Waals surface area contributed by atoms with Crippen LogP contribution in [0.15, 0.2) is 29.7 Å². The van der Waals surface area contributed by atoms with Crippen LogP contribution in [0.25, 0.3) is 11.4 Å². The molecule has 2 aromatic rings. The summed E-state index contributed by atoms with van der Waals surface area (Å²) in [5.74, 6) is 0.666. The number of aromatic amines is 1. The molecule has 0 saturated carbocycles. The largest absolute Gasteiger partial charge is 0.469 e. The molecule has 0 aromatic carbocycles. The van der Waals surface area contributed by atoms with Crippen molar-refractivity contribution in [3.63, 3.8) is 0 Å². The lowest BCUT2D eigenvalue weighted by Gasteiger charge is -2.30. The third kappa shape index (κ3) is 4.36. The summed E-state index contributed by atoms with van der Waals surface area (Å²) < 4.78 is 4.76. The van der Waals surface area contributed by atoms with E-state index in [2.05, 4.69) is 20.2 Å². The van der Waals surface area contributed by atoms with Gasteiger partial charge in [-0.2, -0.15) is 0 Å². The fourth-order valence-corrected chi connectivity index (χ4v) is 3.40. The molecule has 1 fully saturated rings. The standard InChI is InChI=1S/C16H19N5O3S/c1-24-15(23)12-4-8-21(9-5-12)13(22)10-25-16-18-14(19-20-16)11-2-6-17-7-3-11/h2-3,6-7,12H,4-5,8-10H2,1H3,(H,18,19,20). The maximum atomic E-state index is 12.3. The second-order valence-corrected chi connectivity index (χ2v) is 6.61. The maximum Gasteiger partial charge on any atom is 0.308 e. The number of nitrogens with one attached hydrogen (secondary N) is 1. The van der Waals surface area contributed by atoms with Gasteiger partial charge in [0.2, 0.25) is 11.1 Å². The molecule has 8 nitrogen and oxygen atoms in total. The van der Waals surface area contributed by atoms with Crippen molar-refractivity contribution in [3.05, 3.63) is 24.5 Å². The van der Waals surface area contributed by atoms with E-state index in [4.69, 9.17) is 4.74 Å². The highest BCUT2D eigenvalue weighted by Crippen LogP contribution is 2.21. The molecule has 0 aliphatic carbocycles. The van der Waals surface area contributed by atoms with Crippen LogP contribution in [0.4, 0.5) is 0 Å². The number of hydrogen-bond donors (Lipinski definition) is 1. The van der Waals surface area contributed by atoms with Gasteiger partial charge in [0, 0.05) is 31.0 Å². The van der Waals surface area contributed by atoms with Crippen LogP contribution in [0.3, 0.4) is 0 Å². The monoisotopic (exact) mass is 361 g/mol. The lowest BCUT2D eigenvalue weighted by Crippen LogP contribution is -2.41. The molecule has 25 heavy (non-hydrogen) atoms. The minimum Gasteiger partial charge on any atom is -0.469 e. The van der Waals surface area contributed by atoms with E-state index in [0.29, 0.717) is 36.9 Å². The summed E-state index contributed by atoms with van der Waals surface area (Å²) in [6.45, 7) is 1.16. The number of methoxy groups -OCH3 is 1. The average Bonchev–Trinajstić information content (AvgIpc) is 3.15. The molecule has 132 valence electrons. The van der Waals surface area contributed by atoms with Crippen molar-refractivity contribution < 1.29 is 14.3 Å². The second kappa shape index (κ2) is 8.11. The lowest BCUT2D eigenvalue weighted by molar-refractivity contribution is -0.148. The van der Waals surface area contributed by atoms with Gasteiger partial charge in [0.05, 0.1) is 18.8 Å². The van der Waals surface area contributed by atoms with Crippen molar-refractivity contribution in [3.8, 4) is 11.4 Å². The van der Waals surface area contributed by atoms with Crippen LogP contribution in [0.1, 0.15) is 12.8 Å². The van der Waals surface area contributed by atoms with E-state index in [1.54, 1.807) is 17.3 Å². The van der Waals surface area contributed by atoms with Crippen molar-refractivity contribution in [1.82, 2.24) is 25.1 Å². The molecular weight excluding hydrogens is 342 g/mol. The van der Waals surface area contributed by atoms with E-state index >= 15 is 0 Å². The zero-order valence-corrected chi connectivity index (χ0v) is 14.7. The predicted octanol–water partition coefficient (Wildman–Crippen LogP) is 1.37. The van der Waals surface area contributed by atoms with Gasteiger partial charge in [0.15, 0.2) is 5.82 Å². The van der Waals surface area contributed by atoms with Gasteiger partial charge < -0.3 is 9.64 Å². The Morgan fingerprint density at radius 3 is 2.72 bits per heavy atom. The predicted molar refractivity (Wildman–Crippen MR) is 91.7 cm³/mol. The van der Waals surface area contributed by atoms with Gasteiger partial charge in [-0.1, -0.05) is 11.8 Å². The first kappa shape index (κ1) is 17.4. The molecule has 1 N–H and O–H groups in total. The zero-order valence-electron chi connectivity index (χ0n) is 13.8. The molecule has 0 spiro atoms. The van der Waals surface area contributed by atoms with Crippen molar-refractivity contribution in [2.24, 2.45) is 5.92 Å². The number of rotatable bonds is 5. The molecule has 1 saturated heterocycles. The van der Waals surface area contributed by atoms with Crippen LogP contribution in [-0.4, -0.2) is 62.9 Å². The number of piperidine rings is 1. The van der Waals surface area contributed by atoms with Gasteiger partial charge in [-0.25, -0.2) is 4.98 Å². The molecule has 0 radical (unpaired) electrons. The number of nitrogens with zero attached hydrogens (tertiary/aromatic N) is 4. The Kier molecular flexibility index (Phi) is 5.64. The first-order chi connectivity index (χ1) is 12.2.